The first-order chi connectivity index (χ1) is 13.0. The van der Waals surface area contributed by atoms with Crippen LogP contribution in [0.25, 0.3) is 0 Å². The van der Waals surface area contributed by atoms with Gasteiger partial charge in [-0.1, -0.05) is 26.8 Å². The Labute approximate surface area is 162 Å². The predicted octanol–water partition coefficient (Wildman–Crippen LogP) is 2.70. The van der Waals surface area contributed by atoms with Gasteiger partial charge in [0.25, 0.3) is 5.91 Å². The molecule has 148 valence electrons. The smallest absolute Gasteiger partial charge is 0.321 e. The number of benzene rings is 1. The molecule has 2 saturated heterocycles. The number of piperidine rings is 1. The maximum Gasteiger partial charge on any atom is 0.321 e. The highest BCUT2D eigenvalue weighted by Crippen LogP contribution is 2.22. The Morgan fingerprint density at radius 2 is 2.00 bits per heavy atom. The summed E-state index contributed by atoms with van der Waals surface area (Å²) in [5.41, 5.74) is 1.37. The van der Waals surface area contributed by atoms with Crippen molar-refractivity contribution in [1.29, 1.82) is 0 Å². The van der Waals surface area contributed by atoms with Crippen LogP contribution in [0.1, 0.15) is 44.0 Å². The normalized spacial score (nSPS) is 20.0. The number of likely N-dealkylation sites (tertiary alicyclic amines) is 1. The third kappa shape index (κ3) is 4.80. The number of anilines is 1. The number of nitrogens with one attached hydrogen (secondary N) is 2. The summed E-state index contributed by atoms with van der Waals surface area (Å²) >= 11 is 0. The van der Waals surface area contributed by atoms with Gasteiger partial charge < -0.3 is 10.6 Å². The van der Waals surface area contributed by atoms with Crippen molar-refractivity contribution < 1.29 is 9.59 Å². The molecule has 3 amide bonds. The number of carbonyl (C=O) groups excluding carboxylic acids is 2. The van der Waals surface area contributed by atoms with Gasteiger partial charge in [0.15, 0.2) is 0 Å². The molecule has 0 radical (unpaired) electrons. The topological polar surface area (TPSA) is 64.7 Å². The van der Waals surface area contributed by atoms with E-state index < -0.39 is 0 Å². The molecule has 2 aliphatic rings. The van der Waals surface area contributed by atoms with Crippen LogP contribution in [0.2, 0.25) is 0 Å². The van der Waals surface area contributed by atoms with Crippen molar-refractivity contribution in [2.45, 2.75) is 39.7 Å². The highest BCUT2D eigenvalue weighted by atomic mass is 16.2. The summed E-state index contributed by atoms with van der Waals surface area (Å²) in [5, 5.41) is 5.91. The molecule has 6 heteroatoms. The molecule has 2 N–H and O–H groups in total. The van der Waals surface area contributed by atoms with Crippen molar-refractivity contribution in [1.82, 2.24) is 15.5 Å². The van der Waals surface area contributed by atoms with Crippen LogP contribution in [-0.4, -0.2) is 55.6 Å². The lowest BCUT2D eigenvalue weighted by molar-refractivity contribution is 0.0863. The molecule has 3 rings (SSSR count). The minimum atomic E-state index is -0.105. The fraction of sp³-hybridized carbons (Fsp3) is 0.619. The molecule has 0 aromatic heterocycles. The third-order valence-corrected chi connectivity index (χ3v) is 5.81. The lowest BCUT2D eigenvalue weighted by Crippen LogP contribution is -2.49. The minimum absolute atomic E-state index is 0.0764. The molecule has 0 unspecified atom stereocenters. The van der Waals surface area contributed by atoms with E-state index in [1.807, 2.05) is 12.1 Å². The van der Waals surface area contributed by atoms with Crippen molar-refractivity contribution in [3.8, 4) is 0 Å². The SMILES string of the molecule is CC1CCN([C@H](CNC(=O)c2cccc(N3CCNC3=O)c2)C(C)C)CC1. The van der Waals surface area contributed by atoms with Gasteiger partial charge in [-0.05, 0) is 56.0 Å². The highest BCUT2D eigenvalue weighted by molar-refractivity contribution is 5.98. The van der Waals surface area contributed by atoms with Gasteiger partial charge in [0.1, 0.15) is 0 Å². The van der Waals surface area contributed by atoms with Gasteiger partial charge >= 0.3 is 6.03 Å². The molecule has 0 spiro atoms. The molecule has 6 nitrogen and oxygen atoms in total. The van der Waals surface area contributed by atoms with Gasteiger partial charge in [-0.25, -0.2) is 4.79 Å². The average Bonchev–Trinajstić information content (AvgIpc) is 3.09. The Morgan fingerprint density at radius 1 is 1.26 bits per heavy atom. The van der Waals surface area contributed by atoms with E-state index in [2.05, 4.69) is 36.3 Å². The van der Waals surface area contributed by atoms with E-state index in [-0.39, 0.29) is 11.9 Å². The number of carbonyl (C=O) groups is 2. The van der Waals surface area contributed by atoms with Gasteiger partial charge in [0, 0.05) is 36.9 Å². The Bertz CT molecular complexity index is 668. The van der Waals surface area contributed by atoms with Crippen LogP contribution in [0.5, 0.6) is 0 Å². The maximum absolute atomic E-state index is 12.7. The zero-order chi connectivity index (χ0) is 19.4. The molecule has 1 aromatic rings. The number of rotatable bonds is 6. The van der Waals surface area contributed by atoms with Gasteiger partial charge in [0.05, 0.1) is 0 Å². The van der Waals surface area contributed by atoms with Crippen LogP contribution in [0.4, 0.5) is 10.5 Å². The summed E-state index contributed by atoms with van der Waals surface area (Å²) in [5.74, 6) is 1.21. The van der Waals surface area contributed by atoms with Gasteiger partial charge in [-0.3, -0.25) is 14.6 Å². The van der Waals surface area contributed by atoms with Crippen LogP contribution < -0.4 is 15.5 Å². The summed E-state index contributed by atoms with van der Waals surface area (Å²) in [6, 6.07) is 7.56. The summed E-state index contributed by atoms with van der Waals surface area (Å²) in [4.78, 5) is 28.8. The van der Waals surface area contributed by atoms with Crippen LogP contribution in [0.15, 0.2) is 24.3 Å². The first-order valence-corrected chi connectivity index (χ1v) is 10.1. The number of hydrogen-bond donors (Lipinski definition) is 2. The first-order valence-electron chi connectivity index (χ1n) is 10.1. The second kappa shape index (κ2) is 8.74. The molecule has 2 fully saturated rings. The molecular weight excluding hydrogens is 340 g/mol. The lowest BCUT2D eigenvalue weighted by atomic mass is 9.94. The minimum Gasteiger partial charge on any atom is -0.350 e. The van der Waals surface area contributed by atoms with Crippen molar-refractivity contribution in [2.24, 2.45) is 11.8 Å². The van der Waals surface area contributed by atoms with Crippen LogP contribution in [0.3, 0.4) is 0 Å². The third-order valence-electron chi connectivity index (χ3n) is 5.81. The molecule has 0 aliphatic carbocycles. The Hall–Kier alpha value is -2.08. The van der Waals surface area contributed by atoms with Crippen molar-refractivity contribution in [3.05, 3.63) is 29.8 Å². The number of urea groups is 1. The Kier molecular flexibility index (Phi) is 6.37. The maximum atomic E-state index is 12.7. The fourth-order valence-electron chi connectivity index (χ4n) is 3.98. The predicted molar refractivity (Wildman–Crippen MR) is 108 cm³/mol. The number of hydrogen-bond acceptors (Lipinski definition) is 3. The Morgan fingerprint density at radius 3 is 2.63 bits per heavy atom. The number of nitrogens with zero attached hydrogens (tertiary/aromatic N) is 2. The van der Waals surface area contributed by atoms with Gasteiger partial charge in [0.2, 0.25) is 0 Å². The van der Waals surface area contributed by atoms with Crippen molar-refractivity contribution in [2.75, 3.05) is 37.6 Å². The molecule has 0 saturated carbocycles. The molecule has 27 heavy (non-hydrogen) atoms. The van der Waals surface area contributed by atoms with Crippen LogP contribution >= 0.6 is 0 Å². The largest absolute Gasteiger partial charge is 0.350 e. The molecular formula is C21H32N4O2. The van der Waals surface area contributed by atoms with Crippen LogP contribution in [0, 0.1) is 11.8 Å². The monoisotopic (exact) mass is 372 g/mol. The van der Waals surface area contributed by atoms with Crippen molar-refractivity contribution in [3.63, 3.8) is 0 Å². The van der Waals surface area contributed by atoms with E-state index in [0.29, 0.717) is 37.2 Å². The fourth-order valence-corrected chi connectivity index (χ4v) is 3.98. The summed E-state index contributed by atoms with van der Waals surface area (Å²) in [6.07, 6.45) is 2.47. The summed E-state index contributed by atoms with van der Waals surface area (Å²) in [7, 11) is 0. The van der Waals surface area contributed by atoms with Crippen molar-refractivity contribution >= 4 is 17.6 Å². The molecule has 2 aliphatic heterocycles. The van der Waals surface area contributed by atoms with E-state index in [4.69, 9.17) is 0 Å². The first kappa shape index (κ1) is 19.7. The van der Waals surface area contributed by atoms with Gasteiger partial charge in [-0.2, -0.15) is 0 Å². The highest BCUT2D eigenvalue weighted by Gasteiger charge is 2.26. The molecule has 2 heterocycles. The standard InChI is InChI=1S/C21H32N4O2/c1-15(2)19(24-10-7-16(3)8-11-24)14-23-20(26)17-5-4-6-18(13-17)25-12-9-22-21(25)27/h4-6,13,15-16,19H,7-12,14H2,1-3H3,(H,22,27)(H,23,26)/t19-/m1/s1. The quantitative estimate of drug-likeness (QED) is 0.807. The van der Waals surface area contributed by atoms with Gasteiger partial charge in [-0.15, -0.1) is 0 Å². The second-order valence-corrected chi connectivity index (χ2v) is 8.17. The average molecular weight is 373 g/mol. The van der Waals surface area contributed by atoms with E-state index in [1.54, 1.807) is 17.0 Å². The van der Waals surface area contributed by atoms with Crippen LogP contribution in [-0.2, 0) is 0 Å². The van der Waals surface area contributed by atoms with E-state index >= 15 is 0 Å². The molecule has 1 atom stereocenters. The van der Waals surface area contributed by atoms with E-state index in [0.717, 1.165) is 24.7 Å². The second-order valence-electron chi connectivity index (χ2n) is 8.17. The number of amides is 3. The lowest BCUT2D eigenvalue weighted by Gasteiger charge is -2.38. The zero-order valence-corrected chi connectivity index (χ0v) is 16.7. The molecule has 0 bridgehead atoms. The Balaban J connectivity index is 1.61. The summed E-state index contributed by atoms with van der Waals surface area (Å²) in [6.45, 7) is 10.9. The van der Waals surface area contributed by atoms with E-state index in [9.17, 15) is 9.59 Å². The molecule has 1 aromatic carbocycles. The zero-order valence-electron chi connectivity index (χ0n) is 16.7. The summed E-state index contributed by atoms with van der Waals surface area (Å²) < 4.78 is 0. The van der Waals surface area contributed by atoms with E-state index in [1.165, 1.54) is 12.8 Å².